The molecule has 1 saturated heterocycles. The van der Waals surface area contributed by atoms with Crippen LogP contribution in [0.1, 0.15) is 18.4 Å². The Kier molecular flexibility index (Phi) is 5.27. The van der Waals surface area contributed by atoms with Gasteiger partial charge in [-0.3, -0.25) is 9.59 Å². The number of carbonyl (C=O) groups excluding carboxylic acids is 2. The Morgan fingerprint density at radius 3 is 2.18 bits per heavy atom. The molecule has 2 aliphatic rings. The van der Waals surface area contributed by atoms with Crippen LogP contribution in [0.2, 0.25) is 5.02 Å². The Labute approximate surface area is 169 Å². The smallest absolute Gasteiger partial charge is 0.317 e. The van der Waals surface area contributed by atoms with E-state index in [0.717, 1.165) is 31.5 Å². The predicted molar refractivity (Wildman–Crippen MR) is 109 cm³/mol. The van der Waals surface area contributed by atoms with Gasteiger partial charge in [0.2, 0.25) is 0 Å². The van der Waals surface area contributed by atoms with Crippen LogP contribution in [0.15, 0.2) is 54.6 Å². The number of rotatable bonds is 5. The second kappa shape index (κ2) is 7.84. The largest absolute Gasteiger partial charge is 0.455 e. The average molecular weight is 399 g/mol. The lowest BCUT2D eigenvalue weighted by molar-refractivity contribution is -0.154. The number of carbonyl (C=O) groups is 2. The first-order valence-corrected chi connectivity index (χ1v) is 9.97. The summed E-state index contributed by atoms with van der Waals surface area (Å²) in [6, 6.07) is 17.5. The molecule has 2 fully saturated rings. The molecule has 0 aromatic heterocycles. The van der Waals surface area contributed by atoms with Crippen molar-refractivity contribution in [1.29, 1.82) is 0 Å². The summed E-state index contributed by atoms with van der Waals surface area (Å²) < 4.78 is 5.40. The van der Waals surface area contributed by atoms with E-state index in [1.165, 1.54) is 5.69 Å². The number of hydrogen-bond acceptors (Lipinski definition) is 4. The maximum atomic E-state index is 12.6. The third-order valence-electron chi connectivity index (χ3n) is 5.62. The minimum absolute atomic E-state index is 0.132. The first-order chi connectivity index (χ1) is 13.6. The SMILES string of the molecule is O=C(COC(=O)C1(c2ccc(Cl)cc2)CC1)N1CCN(c2ccccc2)CC1. The number of esters is 1. The highest BCUT2D eigenvalue weighted by Gasteiger charge is 2.53. The van der Waals surface area contributed by atoms with E-state index in [1.807, 2.05) is 30.3 Å². The van der Waals surface area contributed by atoms with E-state index in [1.54, 1.807) is 17.0 Å². The van der Waals surface area contributed by atoms with Gasteiger partial charge in [-0.25, -0.2) is 0 Å². The van der Waals surface area contributed by atoms with Crippen molar-refractivity contribution < 1.29 is 14.3 Å². The topological polar surface area (TPSA) is 49.9 Å². The van der Waals surface area contributed by atoms with Crippen molar-refractivity contribution in [3.8, 4) is 0 Å². The summed E-state index contributed by atoms with van der Waals surface area (Å²) in [5.41, 5.74) is 1.47. The molecular weight excluding hydrogens is 376 g/mol. The Balaban J connectivity index is 1.28. The molecule has 1 aliphatic heterocycles. The van der Waals surface area contributed by atoms with Crippen LogP contribution >= 0.6 is 11.6 Å². The van der Waals surface area contributed by atoms with E-state index in [9.17, 15) is 9.59 Å². The minimum atomic E-state index is -0.600. The predicted octanol–water partition coefficient (Wildman–Crippen LogP) is 3.26. The van der Waals surface area contributed by atoms with Gasteiger partial charge in [0, 0.05) is 36.9 Å². The fraction of sp³-hybridized carbons (Fsp3) is 0.364. The Hall–Kier alpha value is -2.53. The molecule has 6 heteroatoms. The summed E-state index contributed by atoms with van der Waals surface area (Å²) in [6.07, 6.45) is 1.49. The normalized spacial score (nSPS) is 17.9. The molecule has 2 aromatic rings. The molecule has 4 rings (SSSR count). The van der Waals surface area contributed by atoms with Gasteiger partial charge in [-0.1, -0.05) is 41.9 Å². The molecule has 5 nitrogen and oxygen atoms in total. The van der Waals surface area contributed by atoms with Crippen LogP contribution < -0.4 is 4.90 Å². The quantitative estimate of drug-likeness (QED) is 0.725. The zero-order valence-electron chi connectivity index (χ0n) is 15.6. The zero-order valence-corrected chi connectivity index (χ0v) is 16.4. The molecule has 1 aliphatic carbocycles. The van der Waals surface area contributed by atoms with E-state index in [2.05, 4.69) is 17.0 Å². The van der Waals surface area contributed by atoms with Gasteiger partial charge in [-0.05, 0) is 42.7 Å². The highest BCUT2D eigenvalue weighted by molar-refractivity contribution is 6.30. The van der Waals surface area contributed by atoms with Gasteiger partial charge >= 0.3 is 5.97 Å². The average Bonchev–Trinajstić information content (AvgIpc) is 3.55. The van der Waals surface area contributed by atoms with Crippen LogP contribution in [-0.4, -0.2) is 49.6 Å². The molecule has 0 unspecified atom stereocenters. The van der Waals surface area contributed by atoms with Gasteiger partial charge in [0.1, 0.15) is 0 Å². The summed E-state index contributed by atoms with van der Waals surface area (Å²) >= 11 is 5.93. The van der Waals surface area contributed by atoms with Crippen molar-refractivity contribution in [3.63, 3.8) is 0 Å². The number of para-hydroxylation sites is 1. The fourth-order valence-corrected chi connectivity index (χ4v) is 3.84. The standard InChI is InChI=1S/C22H23ClN2O3/c23-18-8-6-17(7-9-18)22(10-11-22)21(27)28-16-20(26)25-14-12-24(13-15-25)19-4-2-1-3-5-19/h1-9H,10-16H2. The Morgan fingerprint density at radius 1 is 0.929 bits per heavy atom. The van der Waals surface area contributed by atoms with Crippen LogP contribution in [0, 0.1) is 0 Å². The molecule has 0 spiro atoms. The minimum Gasteiger partial charge on any atom is -0.455 e. The maximum Gasteiger partial charge on any atom is 0.317 e. The lowest BCUT2D eigenvalue weighted by Gasteiger charge is -2.36. The van der Waals surface area contributed by atoms with E-state index < -0.39 is 5.41 Å². The van der Waals surface area contributed by atoms with Gasteiger partial charge in [-0.15, -0.1) is 0 Å². The van der Waals surface area contributed by atoms with Crippen molar-refractivity contribution in [2.24, 2.45) is 0 Å². The number of benzene rings is 2. The first kappa shape index (κ1) is 18.8. The van der Waals surface area contributed by atoms with Crippen molar-refractivity contribution in [2.45, 2.75) is 18.3 Å². The molecule has 0 bridgehead atoms. The van der Waals surface area contributed by atoms with Gasteiger partial charge in [0.15, 0.2) is 6.61 Å². The molecule has 0 atom stereocenters. The van der Waals surface area contributed by atoms with Crippen LogP contribution in [0.4, 0.5) is 5.69 Å². The van der Waals surface area contributed by atoms with Crippen molar-refractivity contribution in [2.75, 3.05) is 37.7 Å². The highest BCUT2D eigenvalue weighted by atomic mass is 35.5. The van der Waals surface area contributed by atoms with Crippen LogP contribution in [0.25, 0.3) is 0 Å². The van der Waals surface area contributed by atoms with E-state index in [-0.39, 0.29) is 18.5 Å². The maximum absolute atomic E-state index is 12.6. The molecule has 146 valence electrons. The van der Waals surface area contributed by atoms with Gasteiger partial charge in [0.05, 0.1) is 5.41 Å². The van der Waals surface area contributed by atoms with E-state index in [4.69, 9.17) is 16.3 Å². The molecule has 1 saturated carbocycles. The Morgan fingerprint density at radius 2 is 1.57 bits per heavy atom. The summed E-state index contributed by atoms with van der Waals surface area (Å²) in [6.45, 7) is 2.62. The summed E-state index contributed by atoms with van der Waals surface area (Å²) in [5.74, 6) is -0.445. The highest BCUT2D eigenvalue weighted by Crippen LogP contribution is 2.49. The number of hydrogen-bond donors (Lipinski definition) is 0. The molecule has 0 N–H and O–H groups in total. The van der Waals surface area contributed by atoms with E-state index >= 15 is 0 Å². The van der Waals surface area contributed by atoms with Crippen molar-refractivity contribution >= 4 is 29.2 Å². The monoisotopic (exact) mass is 398 g/mol. The third kappa shape index (κ3) is 3.85. The molecule has 0 radical (unpaired) electrons. The zero-order chi connectivity index (χ0) is 19.6. The molecule has 1 amide bonds. The van der Waals surface area contributed by atoms with Gasteiger partial charge in [0.25, 0.3) is 5.91 Å². The summed E-state index contributed by atoms with van der Waals surface area (Å²) in [7, 11) is 0. The number of nitrogens with zero attached hydrogens (tertiary/aromatic N) is 2. The fourth-order valence-electron chi connectivity index (χ4n) is 3.71. The molecular formula is C22H23ClN2O3. The summed E-state index contributed by atoms with van der Waals surface area (Å²) in [5, 5.41) is 0.637. The molecule has 28 heavy (non-hydrogen) atoms. The number of ether oxygens (including phenoxy) is 1. The lowest BCUT2D eigenvalue weighted by Crippen LogP contribution is -2.50. The van der Waals surface area contributed by atoms with E-state index in [0.29, 0.717) is 18.1 Å². The van der Waals surface area contributed by atoms with Crippen LogP contribution in [0.3, 0.4) is 0 Å². The third-order valence-corrected chi connectivity index (χ3v) is 5.87. The number of halogens is 1. The Bertz CT molecular complexity index is 842. The van der Waals surface area contributed by atoms with Crippen LogP contribution in [0.5, 0.6) is 0 Å². The van der Waals surface area contributed by atoms with Crippen molar-refractivity contribution in [1.82, 2.24) is 4.90 Å². The molecule has 1 heterocycles. The van der Waals surface area contributed by atoms with Crippen LogP contribution in [-0.2, 0) is 19.7 Å². The number of anilines is 1. The second-order valence-electron chi connectivity index (χ2n) is 7.37. The van der Waals surface area contributed by atoms with Crippen molar-refractivity contribution in [3.05, 3.63) is 65.2 Å². The lowest BCUT2D eigenvalue weighted by atomic mass is 9.96. The first-order valence-electron chi connectivity index (χ1n) is 9.59. The molecule has 2 aromatic carbocycles. The van der Waals surface area contributed by atoms with Gasteiger partial charge < -0.3 is 14.5 Å². The second-order valence-corrected chi connectivity index (χ2v) is 7.80. The number of amides is 1. The number of piperazine rings is 1. The van der Waals surface area contributed by atoms with Gasteiger partial charge in [-0.2, -0.15) is 0 Å². The summed E-state index contributed by atoms with van der Waals surface area (Å²) in [4.78, 5) is 29.1.